The molecule has 2 heterocycles. The number of nitrogens with zero attached hydrogens (tertiary/aromatic N) is 3. The summed E-state index contributed by atoms with van der Waals surface area (Å²) in [6, 6.07) is 5.61. The minimum absolute atomic E-state index is 0.817. The molecular formula is C17H21N3. The molecule has 0 saturated heterocycles. The Labute approximate surface area is 120 Å². The lowest BCUT2D eigenvalue weighted by Gasteiger charge is -2.32. The van der Waals surface area contributed by atoms with Crippen LogP contribution in [0.25, 0.3) is 11.1 Å². The highest BCUT2D eigenvalue weighted by Crippen LogP contribution is 2.39. The third kappa shape index (κ3) is 1.92. The van der Waals surface area contributed by atoms with E-state index in [1.807, 2.05) is 17.9 Å². The second-order valence-electron chi connectivity index (χ2n) is 6.23. The first-order chi connectivity index (χ1) is 9.72. The number of hydrogen-bond acceptors (Lipinski definition) is 2. The van der Waals surface area contributed by atoms with Crippen LogP contribution in [0.1, 0.15) is 30.4 Å². The Morgan fingerprint density at radius 1 is 1.25 bits per heavy atom. The van der Waals surface area contributed by atoms with Crippen LogP contribution in [0.5, 0.6) is 0 Å². The predicted octanol–water partition coefficient (Wildman–Crippen LogP) is 3.31. The maximum Gasteiger partial charge on any atom is 0.0568 e. The summed E-state index contributed by atoms with van der Waals surface area (Å²) in [7, 11) is 1.98. The molecule has 0 N–H and O–H groups in total. The first-order valence-electron chi connectivity index (χ1n) is 7.61. The maximum absolute atomic E-state index is 4.31. The quantitative estimate of drug-likeness (QED) is 0.832. The standard InChI is InChI=1S/C17H21N3/c1-12-8-17-13(4-3-7-20(17)15-5-6-15)9-16(12)14-10-18-19(2)11-14/h8-11,15H,3-7H2,1-2H3. The van der Waals surface area contributed by atoms with E-state index in [1.165, 1.54) is 60.2 Å². The first kappa shape index (κ1) is 12.0. The third-order valence-corrected chi connectivity index (χ3v) is 4.58. The minimum atomic E-state index is 0.817. The SMILES string of the molecule is Cc1cc2c(cc1-c1cnn(C)c1)CCCN2C1CC1. The number of benzene rings is 1. The van der Waals surface area contributed by atoms with Gasteiger partial charge in [-0.2, -0.15) is 5.10 Å². The van der Waals surface area contributed by atoms with Crippen molar-refractivity contribution in [1.29, 1.82) is 0 Å². The van der Waals surface area contributed by atoms with Crippen molar-refractivity contribution in [2.75, 3.05) is 11.4 Å². The molecule has 0 bridgehead atoms. The molecule has 4 rings (SSSR count). The van der Waals surface area contributed by atoms with Crippen LogP contribution in [0.15, 0.2) is 24.5 Å². The largest absolute Gasteiger partial charge is 0.368 e. The van der Waals surface area contributed by atoms with Gasteiger partial charge in [0.1, 0.15) is 0 Å². The highest BCUT2D eigenvalue weighted by atomic mass is 15.2. The zero-order chi connectivity index (χ0) is 13.7. The lowest BCUT2D eigenvalue weighted by molar-refractivity contribution is 0.688. The van der Waals surface area contributed by atoms with E-state index in [1.54, 1.807) is 0 Å². The van der Waals surface area contributed by atoms with Crippen molar-refractivity contribution in [2.45, 2.75) is 38.6 Å². The Hall–Kier alpha value is -1.77. The zero-order valence-electron chi connectivity index (χ0n) is 12.3. The van der Waals surface area contributed by atoms with Gasteiger partial charge in [0.2, 0.25) is 0 Å². The molecule has 3 nitrogen and oxygen atoms in total. The van der Waals surface area contributed by atoms with Crippen LogP contribution in [0.4, 0.5) is 5.69 Å². The van der Waals surface area contributed by atoms with E-state index in [4.69, 9.17) is 0 Å². The van der Waals surface area contributed by atoms with Gasteiger partial charge in [0.15, 0.2) is 0 Å². The first-order valence-corrected chi connectivity index (χ1v) is 7.61. The van der Waals surface area contributed by atoms with Crippen LogP contribution in [-0.2, 0) is 13.5 Å². The fourth-order valence-corrected chi connectivity index (χ4v) is 3.40. The Bertz CT molecular complexity index is 652. The summed E-state index contributed by atoms with van der Waals surface area (Å²) in [6.07, 6.45) is 9.34. The molecular weight excluding hydrogens is 246 g/mol. The molecule has 1 aliphatic heterocycles. The fraction of sp³-hybridized carbons (Fsp3) is 0.471. The van der Waals surface area contributed by atoms with E-state index >= 15 is 0 Å². The number of anilines is 1. The molecule has 0 amide bonds. The summed E-state index contributed by atoms with van der Waals surface area (Å²) in [4.78, 5) is 2.64. The molecule has 2 aromatic rings. The van der Waals surface area contributed by atoms with E-state index in [9.17, 15) is 0 Å². The van der Waals surface area contributed by atoms with Crippen LogP contribution < -0.4 is 4.90 Å². The number of fused-ring (bicyclic) bond motifs is 1. The Kier molecular flexibility index (Phi) is 2.62. The van der Waals surface area contributed by atoms with Gasteiger partial charge >= 0.3 is 0 Å². The molecule has 20 heavy (non-hydrogen) atoms. The summed E-state index contributed by atoms with van der Waals surface area (Å²) in [5.74, 6) is 0. The van der Waals surface area contributed by atoms with E-state index in [-0.39, 0.29) is 0 Å². The van der Waals surface area contributed by atoms with Crippen molar-refractivity contribution in [2.24, 2.45) is 7.05 Å². The maximum atomic E-state index is 4.31. The highest BCUT2D eigenvalue weighted by molar-refractivity contribution is 5.73. The lowest BCUT2D eigenvalue weighted by Crippen LogP contribution is -2.31. The van der Waals surface area contributed by atoms with E-state index in [0.29, 0.717) is 0 Å². The van der Waals surface area contributed by atoms with E-state index < -0.39 is 0 Å². The monoisotopic (exact) mass is 267 g/mol. The van der Waals surface area contributed by atoms with Crippen LogP contribution in [-0.4, -0.2) is 22.4 Å². The molecule has 2 aliphatic rings. The predicted molar refractivity (Wildman–Crippen MR) is 82.1 cm³/mol. The van der Waals surface area contributed by atoms with Gasteiger partial charge in [-0.05, 0) is 61.4 Å². The van der Waals surface area contributed by atoms with Gasteiger partial charge in [-0.25, -0.2) is 0 Å². The molecule has 1 aromatic carbocycles. The molecule has 104 valence electrons. The molecule has 0 atom stereocenters. The molecule has 1 saturated carbocycles. The van der Waals surface area contributed by atoms with Crippen LogP contribution in [0.3, 0.4) is 0 Å². The molecule has 0 radical (unpaired) electrons. The van der Waals surface area contributed by atoms with E-state index in [2.05, 4.69) is 35.3 Å². The molecule has 1 fully saturated rings. The van der Waals surface area contributed by atoms with Crippen molar-refractivity contribution in [1.82, 2.24) is 9.78 Å². The molecule has 0 spiro atoms. The second kappa shape index (κ2) is 4.37. The van der Waals surface area contributed by atoms with Gasteiger partial charge in [0.05, 0.1) is 6.20 Å². The van der Waals surface area contributed by atoms with Crippen LogP contribution in [0, 0.1) is 6.92 Å². The fourth-order valence-electron chi connectivity index (χ4n) is 3.40. The van der Waals surface area contributed by atoms with Gasteiger partial charge < -0.3 is 4.90 Å². The summed E-state index contributed by atoms with van der Waals surface area (Å²) >= 11 is 0. The topological polar surface area (TPSA) is 21.1 Å². The minimum Gasteiger partial charge on any atom is -0.368 e. The van der Waals surface area contributed by atoms with E-state index in [0.717, 1.165) is 6.04 Å². The summed E-state index contributed by atoms with van der Waals surface area (Å²) in [5.41, 5.74) is 6.95. The number of rotatable bonds is 2. The van der Waals surface area contributed by atoms with Gasteiger partial charge in [-0.1, -0.05) is 0 Å². The van der Waals surface area contributed by atoms with Crippen LogP contribution in [0.2, 0.25) is 0 Å². The molecule has 1 aliphatic carbocycles. The molecule has 3 heteroatoms. The van der Waals surface area contributed by atoms with Crippen molar-refractivity contribution in [3.63, 3.8) is 0 Å². The Morgan fingerprint density at radius 3 is 2.80 bits per heavy atom. The van der Waals surface area contributed by atoms with Crippen molar-refractivity contribution in [3.05, 3.63) is 35.7 Å². The zero-order valence-corrected chi connectivity index (χ0v) is 12.3. The lowest BCUT2D eigenvalue weighted by atomic mass is 9.93. The Balaban J connectivity index is 1.79. The molecule has 0 unspecified atom stereocenters. The van der Waals surface area contributed by atoms with Crippen molar-refractivity contribution >= 4 is 5.69 Å². The average molecular weight is 267 g/mol. The van der Waals surface area contributed by atoms with Crippen molar-refractivity contribution in [3.8, 4) is 11.1 Å². The summed E-state index contributed by atoms with van der Waals surface area (Å²) < 4.78 is 1.88. The summed E-state index contributed by atoms with van der Waals surface area (Å²) in [5, 5.41) is 4.31. The number of hydrogen-bond donors (Lipinski definition) is 0. The van der Waals surface area contributed by atoms with Crippen LogP contribution >= 0.6 is 0 Å². The smallest absolute Gasteiger partial charge is 0.0568 e. The number of aryl methyl sites for hydroxylation is 3. The van der Waals surface area contributed by atoms with Crippen molar-refractivity contribution < 1.29 is 0 Å². The normalized spacial score (nSPS) is 18.2. The molecule has 1 aromatic heterocycles. The van der Waals surface area contributed by atoms with Gasteiger partial charge in [0.25, 0.3) is 0 Å². The van der Waals surface area contributed by atoms with Gasteiger partial charge in [-0.3, -0.25) is 4.68 Å². The van der Waals surface area contributed by atoms with Gasteiger partial charge in [0, 0.05) is 37.1 Å². The highest BCUT2D eigenvalue weighted by Gasteiger charge is 2.32. The third-order valence-electron chi connectivity index (χ3n) is 4.58. The Morgan fingerprint density at radius 2 is 2.10 bits per heavy atom. The average Bonchev–Trinajstić information content (AvgIpc) is 3.19. The summed E-state index contributed by atoms with van der Waals surface area (Å²) in [6.45, 7) is 3.46. The number of aromatic nitrogens is 2. The van der Waals surface area contributed by atoms with Gasteiger partial charge in [-0.15, -0.1) is 0 Å². The second-order valence-corrected chi connectivity index (χ2v) is 6.23.